The smallest absolute Gasteiger partial charge is 0.456 e. The summed E-state index contributed by atoms with van der Waals surface area (Å²) in [6.45, 7) is 0. The zero-order chi connectivity index (χ0) is 16.6. The van der Waals surface area contributed by atoms with Gasteiger partial charge in [0.25, 0.3) is 0 Å². The van der Waals surface area contributed by atoms with E-state index in [1.807, 2.05) is 0 Å². The molecule has 0 spiro atoms. The van der Waals surface area contributed by atoms with Crippen LogP contribution in [0.2, 0.25) is 0 Å². The highest BCUT2D eigenvalue weighted by atomic mass is 16.7. The molecule has 8 heteroatoms. The number of carboxylic acid groups (broad SMARTS) is 2. The maximum atomic E-state index is 12.4. The number of hydrogen-bond acceptors (Lipinski definition) is 6. The highest BCUT2D eigenvalue weighted by Gasteiger charge is 2.12. The molecule has 23 heavy (non-hydrogen) atoms. The van der Waals surface area contributed by atoms with Crippen molar-refractivity contribution in [3.63, 3.8) is 0 Å². The third-order valence-electron chi connectivity index (χ3n) is 3.03. The first-order chi connectivity index (χ1) is 10.9. The number of hydrogen-bond donors (Lipinski definition) is 2. The molecule has 0 aliphatic carbocycles. The molecule has 0 radical (unpaired) electrons. The zero-order valence-electron chi connectivity index (χ0n) is 11.3. The van der Waals surface area contributed by atoms with E-state index in [0.29, 0.717) is 0 Å². The molecule has 0 bridgehead atoms. The van der Waals surface area contributed by atoms with Crippen LogP contribution in [0.15, 0.2) is 45.6 Å². The highest BCUT2D eigenvalue weighted by molar-refractivity contribution is 5.91. The predicted molar refractivity (Wildman–Crippen MR) is 77.3 cm³/mol. The Labute approximate surface area is 127 Å². The van der Waals surface area contributed by atoms with Crippen LogP contribution in [0.4, 0.5) is 9.59 Å². The Hall–Kier alpha value is -3.55. The molecule has 8 nitrogen and oxygen atoms in total. The summed E-state index contributed by atoms with van der Waals surface area (Å²) in [7, 11) is 0. The lowest BCUT2D eigenvalue weighted by molar-refractivity contribution is 0.143. The van der Waals surface area contributed by atoms with Gasteiger partial charge in [0, 0.05) is 12.1 Å². The molecule has 3 rings (SSSR count). The summed E-state index contributed by atoms with van der Waals surface area (Å²) >= 11 is 0. The summed E-state index contributed by atoms with van der Waals surface area (Å²) in [5.74, 6) is -0.0177. The first kappa shape index (κ1) is 14.4. The lowest BCUT2D eigenvalue weighted by atomic mass is 10.1. The highest BCUT2D eigenvalue weighted by Crippen LogP contribution is 2.25. The van der Waals surface area contributed by atoms with Gasteiger partial charge >= 0.3 is 12.3 Å². The molecule has 116 valence electrons. The van der Waals surface area contributed by atoms with Crippen LogP contribution in [-0.4, -0.2) is 22.5 Å². The summed E-state index contributed by atoms with van der Waals surface area (Å²) in [4.78, 5) is 33.5. The van der Waals surface area contributed by atoms with Crippen LogP contribution in [0.1, 0.15) is 0 Å². The van der Waals surface area contributed by atoms with Crippen molar-refractivity contribution in [2.24, 2.45) is 0 Å². The first-order valence-corrected chi connectivity index (χ1v) is 6.26. The SMILES string of the molecule is O=C(O)Oc1ccc2c(=O)c3ccc(OC(=O)O)cc3oc2c1. The van der Waals surface area contributed by atoms with Gasteiger partial charge in [0.05, 0.1) is 10.8 Å². The average molecular weight is 316 g/mol. The summed E-state index contributed by atoms with van der Waals surface area (Å²) in [6.07, 6.45) is -2.99. The van der Waals surface area contributed by atoms with Gasteiger partial charge in [0.15, 0.2) is 0 Å². The summed E-state index contributed by atoms with van der Waals surface area (Å²) < 4.78 is 14.5. The molecular weight excluding hydrogens is 308 g/mol. The van der Waals surface area contributed by atoms with Crippen LogP contribution in [0.3, 0.4) is 0 Å². The molecule has 0 aliphatic heterocycles. The van der Waals surface area contributed by atoms with E-state index in [2.05, 4.69) is 9.47 Å². The topological polar surface area (TPSA) is 123 Å². The van der Waals surface area contributed by atoms with Crippen molar-refractivity contribution in [3.8, 4) is 11.5 Å². The minimum atomic E-state index is -1.50. The van der Waals surface area contributed by atoms with Crippen LogP contribution >= 0.6 is 0 Å². The Bertz CT molecular complexity index is 924. The fourth-order valence-electron chi connectivity index (χ4n) is 2.14. The lowest BCUT2D eigenvalue weighted by Gasteiger charge is -2.05. The van der Waals surface area contributed by atoms with Gasteiger partial charge in [-0.25, -0.2) is 9.59 Å². The van der Waals surface area contributed by atoms with E-state index in [0.717, 1.165) is 0 Å². The van der Waals surface area contributed by atoms with Crippen LogP contribution in [-0.2, 0) is 0 Å². The molecule has 1 heterocycles. The molecule has 0 unspecified atom stereocenters. The van der Waals surface area contributed by atoms with Crippen molar-refractivity contribution in [2.75, 3.05) is 0 Å². The fourth-order valence-corrected chi connectivity index (χ4v) is 2.14. The van der Waals surface area contributed by atoms with E-state index in [-0.39, 0.29) is 38.9 Å². The minimum absolute atomic E-state index is 0.00885. The number of ether oxygens (including phenoxy) is 2. The number of carbonyl (C=O) groups is 2. The molecule has 2 aromatic carbocycles. The molecule has 0 atom stereocenters. The monoisotopic (exact) mass is 316 g/mol. The van der Waals surface area contributed by atoms with Crippen molar-refractivity contribution in [1.29, 1.82) is 0 Å². The van der Waals surface area contributed by atoms with Crippen molar-refractivity contribution >= 4 is 34.2 Å². The lowest BCUT2D eigenvalue weighted by Crippen LogP contribution is -2.06. The summed E-state index contributed by atoms with van der Waals surface area (Å²) in [5.41, 5.74) is -0.132. The Kier molecular flexibility index (Phi) is 3.34. The van der Waals surface area contributed by atoms with Gasteiger partial charge in [0.1, 0.15) is 22.7 Å². The molecule has 0 saturated heterocycles. The Morgan fingerprint density at radius 1 is 0.826 bits per heavy atom. The number of benzene rings is 2. The van der Waals surface area contributed by atoms with Crippen molar-refractivity contribution in [1.82, 2.24) is 0 Å². The molecule has 0 amide bonds. The largest absolute Gasteiger partial charge is 0.511 e. The van der Waals surface area contributed by atoms with Crippen molar-refractivity contribution in [2.45, 2.75) is 0 Å². The van der Waals surface area contributed by atoms with Crippen molar-refractivity contribution < 1.29 is 33.7 Å². The first-order valence-electron chi connectivity index (χ1n) is 6.26. The Morgan fingerprint density at radius 2 is 1.26 bits per heavy atom. The van der Waals surface area contributed by atoms with E-state index in [9.17, 15) is 14.4 Å². The van der Waals surface area contributed by atoms with E-state index in [1.54, 1.807) is 0 Å². The molecule has 3 aromatic rings. The molecule has 1 aromatic heterocycles. The normalized spacial score (nSPS) is 10.6. The van der Waals surface area contributed by atoms with E-state index in [1.165, 1.54) is 36.4 Å². The maximum absolute atomic E-state index is 12.4. The summed E-state index contributed by atoms with van der Waals surface area (Å²) in [5, 5.41) is 17.7. The standard InChI is InChI=1S/C15H8O8/c16-13-9-3-1-7(21-14(17)18)5-11(9)23-12-6-8(22-15(19)20)2-4-10(12)13/h1-6H,(H,17,18)(H,19,20). The fraction of sp³-hybridized carbons (Fsp3) is 0. The van der Waals surface area contributed by atoms with Gasteiger partial charge in [-0.1, -0.05) is 0 Å². The second-order valence-corrected chi connectivity index (χ2v) is 4.48. The molecular formula is C15H8O8. The predicted octanol–water partition coefficient (Wildman–Crippen LogP) is 3.06. The molecule has 0 aliphatic rings. The van der Waals surface area contributed by atoms with E-state index < -0.39 is 12.3 Å². The van der Waals surface area contributed by atoms with Crippen LogP contribution in [0.5, 0.6) is 11.5 Å². The van der Waals surface area contributed by atoms with Crippen molar-refractivity contribution in [3.05, 3.63) is 46.6 Å². The number of fused-ring (bicyclic) bond motifs is 2. The summed E-state index contributed by atoms with van der Waals surface area (Å²) in [6, 6.07) is 7.97. The Balaban J connectivity index is 2.21. The van der Waals surface area contributed by atoms with E-state index in [4.69, 9.17) is 14.6 Å². The minimum Gasteiger partial charge on any atom is -0.456 e. The van der Waals surface area contributed by atoms with Crippen LogP contribution < -0.4 is 14.9 Å². The molecule has 0 fully saturated rings. The number of rotatable bonds is 2. The van der Waals surface area contributed by atoms with Gasteiger partial charge in [-0.05, 0) is 24.3 Å². The molecule has 0 saturated carbocycles. The van der Waals surface area contributed by atoms with Gasteiger partial charge in [-0.2, -0.15) is 0 Å². The second-order valence-electron chi connectivity index (χ2n) is 4.48. The third kappa shape index (κ3) is 2.77. The Morgan fingerprint density at radius 3 is 1.65 bits per heavy atom. The molecule has 2 N–H and O–H groups in total. The van der Waals surface area contributed by atoms with Gasteiger partial charge < -0.3 is 24.1 Å². The quantitative estimate of drug-likeness (QED) is 0.420. The van der Waals surface area contributed by atoms with Gasteiger partial charge in [-0.15, -0.1) is 0 Å². The van der Waals surface area contributed by atoms with E-state index >= 15 is 0 Å². The zero-order valence-corrected chi connectivity index (χ0v) is 11.3. The van der Waals surface area contributed by atoms with Gasteiger partial charge in [0.2, 0.25) is 5.43 Å². The van der Waals surface area contributed by atoms with Gasteiger partial charge in [-0.3, -0.25) is 4.79 Å². The van der Waals surface area contributed by atoms with Crippen LogP contribution in [0, 0.1) is 0 Å². The van der Waals surface area contributed by atoms with Crippen LogP contribution in [0.25, 0.3) is 21.9 Å². The maximum Gasteiger partial charge on any atom is 0.511 e. The second kappa shape index (κ2) is 5.34. The third-order valence-corrected chi connectivity index (χ3v) is 3.03. The average Bonchev–Trinajstić information content (AvgIpc) is 2.45.